The lowest BCUT2D eigenvalue weighted by molar-refractivity contribution is -0.127. The van der Waals surface area contributed by atoms with Gasteiger partial charge in [-0.3, -0.25) is 4.79 Å². The molecule has 0 radical (unpaired) electrons. The number of alkyl halides is 2. The molecular formula is C20H21F2N5O2S. The molecule has 7 nitrogen and oxygen atoms in total. The first-order valence-corrected chi connectivity index (χ1v) is 10.1. The number of carbonyl (C=O) groups excluding carboxylic acids is 1. The number of amides is 1. The molecular weight excluding hydrogens is 412 g/mol. The van der Waals surface area contributed by atoms with E-state index in [1.807, 2.05) is 32.0 Å². The van der Waals surface area contributed by atoms with Gasteiger partial charge in [0.25, 0.3) is 0 Å². The Balaban J connectivity index is 1.60. The van der Waals surface area contributed by atoms with E-state index in [2.05, 4.69) is 20.3 Å². The first-order valence-electron chi connectivity index (χ1n) is 9.10. The number of halogens is 2. The number of carbonyl (C=O) groups is 1. The van der Waals surface area contributed by atoms with E-state index in [0.29, 0.717) is 11.7 Å². The van der Waals surface area contributed by atoms with Crippen molar-refractivity contribution in [1.29, 1.82) is 0 Å². The number of tetrazole rings is 1. The van der Waals surface area contributed by atoms with Gasteiger partial charge in [-0.05, 0) is 59.2 Å². The van der Waals surface area contributed by atoms with E-state index in [4.69, 9.17) is 0 Å². The van der Waals surface area contributed by atoms with Crippen LogP contribution < -0.4 is 4.74 Å². The highest BCUT2D eigenvalue weighted by molar-refractivity contribution is 7.99. The SMILES string of the molecule is Cc1cccc(-n2nnnc2SCC(=O)N(C)Cc2ccc(OC(F)F)cc2)c1C. The van der Waals surface area contributed by atoms with Gasteiger partial charge in [-0.15, -0.1) is 5.10 Å². The minimum atomic E-state index is -2.86. The van der Waals surface area contributed by atoms with Crippen LogP contribution in [0.3, 0.4) is 0 Å². The van der Waals surface area contributed by atoms with Crippen LogP contribution in [0.1, 0.15) is 16.7 Å². The monoisotopic (exact) mass is 433 g/mol. The molecule has 0 aliphatic heterocycles. The number of hydrogen-bond donors (Lipinski definition) is 0. The summed E-state index contributed by atoms with van der Waals surface area (Å²) in [6.07, 6.45) is 0. The smallest absolute Gasteiger partial charge is 0.387 e. The molecule has 1 amide bonds. The molecule has 0 bridgehead atoms. The number of ether oxygens (including phenoxy) is 1. The number of hydrogen-bond acceptors (Lipinski definition) is 6. The van der Waals surface area contributed by atoms with Crippen LogP contribution in [0.2, 0.25) is 0 Å². The van der Waals surface area contributed by atoms with Crippen LogP contribution in [0.15, 0.2) is 47.6 Å². The zero-order chi connectivity index (χ0) is 21.7. The van der Waals surface area contributed by atoms with Crippen molar-refractivity contribution >= 4 is 17.7 Å². The quantitative estimate of drug-likeness (QED) is 0.505. The highest BCUT2D eigenvalue weighted by Gasteiger charge is 2.16. The van der Waals surface area contributed by atoms with Crippen LogP contribution in [0, 0.1) is 13.8 Å². The number of thioether (sulfide) groups is 1. The molecule has 0 aliphatic carbocycles. The van der Waals surface area contributed by atoms with Crippen molar-refractivity contribution in [3.05, 3.63) is 59.2 Å². The van der Waals surface area contributed by atoms with Crippen molar-refractivity contribution in [3.8, 4) is 11.4 Å². The van der Waals surface area contributed by atoms with Gasteiger partial charge in [-0.25, -0.2) is 0 Å². The van der Waals surface area contributed by atoms with Crippen LogP contribution in [0.5, 0.6) is 5.75 Å². The molecule has 158 valence electrons. The van der Waals surface area contributed by atoms with Crippen LogP contribution >= 0.6 is 11.8 Å². The van der Waals surface area contributed by atoms with Gasteiger partial charge in [0.05, 0.1) is 11.4 Å². The van der Waals surface area contributed by atoms with Crippen LogP contribution in [-0.2, 0) is 11.3 Å². The summed E-state index contributed by atoms with van der Waals surface area (Å²) in [7, 11) is 1.68. The molecule has 3 rings (SSSR count). The second-order valence-electron chi connectivity index (χ2n) is 6.65. The molecule has 3 aromatic rings. The van der Waals surface area contributed by atoms with Crippen molar-refractivity contribution in [2.45, 2.75) is 32.2 Å². The van der Waals surface area contributed by atoms with E-state index in [9.17, 15) is 13.6 Å². The van der Waals surface area contributed by atoms with Gasteiger partial charge in [-0.1, -0.05) is 36.0 Å². The van der Waals surface area contributed by atoms with Crippen molar-refractivity contribution in [2.24, 2.45) is 0 Å². The zero-order valence-corrected chi connectivity index (χ0v) is 17.6. The Labute approximate surface area is 177 Å². The highest BCUT2D eigenvalue weighted by atomic mass is 32.2. The van der Waals surface area contributed by atoms with E-state index in [1.54, 1.807) is 28.8 Å². The van der Waals surface area contributed by atoms with Crippen molar-refractivity contribution in [3.63, 3.8) is 0 Å². The summed E-state index contributed by atoms with van der Waals surface area (Å²) in [4.78, 5) is 14.1. The minimum absolute atomic E-state index is 0.0802. The number of aryl methyl sites for hydroxylation is 1. The predicted molar refractivity (Wildman–Crippen MR) is 109 cm³/mol. The molecule has 0 atom stereocenters. The summed E-state index contributed by atoms with van der Waals surface area (Å²) in [5.74, 6) is 0.133. The molecule has 10 heteroatoms. The maximum absolute atomic E-state index is 12.5. The van der Waals surface area contributed by atoms with Crippen LogP contribution in [-0.4, -0.2) is 50.4 Å². The second kappa shape index (κ2) is 9.66. The maximum Gasteiger partial charge on any atom is 0.387 e. The Hall–Kier alpha value is -3.01. The molecule has 30 heavy (non-hydrogen) atoms. The Bertz CT molecular complexity index is 1010. The number of nitrogens with zero attached hydrogens (tertiary/aromatic N) is 5. The van der Waals surface area contributed by atoms with Gasteiger partial charge >= 0.3 is 6.61 Å². The van der Waals surface area contributed by atoms with Gasteiger partial charge in [0.2, 0.25) is 11.1 Å². The highest BCUT2D eigenvalue weighted by Crippen LogP contribution is 2.23. The fourth-order valence-electron chi connectivity index (χ4n) is 2.76. The third-order valence-electron chi connectivity index (χ3n) is 4.56. The van der Waals surface area contributed by atoms with Crippen molar-refractivity contribution in [2.75, 3.05) is 12.8 Å². The van der Waals surface area contributed by atoms with E-state index in [-0.39, 0.29) is 17.4 Å². The summed E-state index contributed by atoms with van der Waals surface area (Å²) in [5, 5.41) is 12.4. The molecule has 0 fully saturated rings. The third-order valence-corrected chi connectivity index (χ3v) is 5.47. The molecule has 0 unspecified atom stereocenters. The van der Waals surface area contributed by atoms with Gasteiger partial charge in [0.1, 0.15) is 5.75 Å². The summed E-state index contributed by atoms with van der Waals surface area (Å²) in [6, 6.07) is 12.1. The van der Waals surface area contributed by atoms with Crippen LogP contribution in [0.4, 0.5) is 8.78 Å². The molecule has 0 saturated carbocycles. The molecule has 0 saturated heterocycles. The fourth-order valence-corrected chi connectivity index (χ4v) is 3.58. The lowest BCUT2D eigenvalue weighted by Gasteiger charge is -2.17. The molecule has 0 aliphatic rings. The average Bonchev–Trinajstić information content (AvgIpc) is 3.17. The lowest BCUT2D eigenvalue weighted by Crippen LogP contribution is -2.27. The Morgan fingerprint density at radius 2 is 1.93 bits per heavy atom. The topological polar surface area (TPSA) is 73.1 Å². The normalized spacial score (nSPS) is 11.0. The Morgan fingerprint density at radius 1 is 1.20 bits per heavy atom. The lowest BCUT2D eigenvalue weighted by atomic mass is 10.1. The largest absolute Gasteiger partial charge is 0.435 e. The fraction of sp³-hybridized carbons (Fsp3) is 0.300. The Morgan fingerprint density at radius 3 is 2.63 bits per heavy atom. The average molecular weight is 433 g/mol. The molecule has 0 N–H and O–H groups in total. The summed E-state index contributed by atoms with van der Waals surface area (Å²) in [5.41, 5.74) is 3.86. The van der Waals surface area contributed by atoms with E-state index < -0.39 is 6.61 Å². The van der Waals surface area contributed by atoms with Crippen LogP contribution in [0.25, 0.3) is 5.69 Å². The summed E-state index contributed by atoms with van der Waals surface area (Å²) in [6.45, 7) is 1.49. The third kappa shape index (κ3) is 5.32. The molecule has 1 aromatic heterocycles. The summed E-state index contributed by atoms with van der Waals surface area (Å²) >= 11 is 1.25. The number of aromatic nitrogens is 4. The van der Waals surface area contributed by atoms with Gasteiger partial charge in [0.15, 0.2) is 0 Å². The predicted octanol–water partition coefficient (Wildman–Crippen LogP) is 3.63. The standard InChI is InChI=1S/C20H21F2N5O2S/c1-13-5-4-6-17(14(13)2)27-20(23-24-25-27)30-12-18(28)26(3)11-15-7-9-16(10-8-15)29-19(21)22/h4-10,19H,11-12H2,1-3H3. The molecule has 0 spiro atoms. The Kier molecular flexibility index (Phi) is 6.99. The molecule has 1 heterocycles. The first-order chi connectivity index (χ1) is 14.3. The molecule has 2 aromatic carbocycles. The maximum atomic E-state index is 12.5. The number of benzene rings is 2. The summed E-state index contributed by atoms with van der Waals surface area (Å²) < 4.78 is 30.4. The first kappa shape index (κ1) is 21.7. The van der Waals surface area contributed by atoms with E-state index >= 15 is 0 Å². The van der Waals surface area contributed by atoms with Crippen molar-refractivity contribution < 1.29 is 18.3 Å². The van der Waals surface area contributed by atoms with Gasteiger partial charge < -0.3 is 9.64 Å². The minimum Gasteiger partial charge on any atom is -0.435 e. The van der Waals surface area contributed by atoms with E-state index in [0.717, 1.165) is 22.4 Å². The second-order valence-corrected chi connectivity index (χ2v) is 7.60. The van der Waals surface area contributed by atoms with E-state index in [1.165, 1.54) is 23.9 Å². The zero-order valence-electron chi connectivity index (χ0n) is 16.7. The van der Waals surface area contributed by atoms with Gasteiger partial charge in [0, 0.05) is 13.6 Å². The van der Waals surface area contributed by atoms with Gasteiger partial charge in [-0.2, -0.15) is 13.5 Å². The number of rotatable bonds is 8. The van der Waals surface area contributed by atoms with Crippen molar-refractivity contribution in [1.82, 2.24) is 25.1 Å².